The van der Waals surface area contributed by atoms with Crippen LogP contribution in [0.1, 0.15) is 11.1 Å². The highest BCUT2D eigenvalue weighted by atomic mass is 16.6. The monoisotopic (exact) mass is 370 g/mol. The van der Waals surface area contributed by atoms with Gasteiger partial charge < -0.3 is 4.74 Å². The summed E-state index contributed by atoms with van der Waals surface area (Å²) in [6.07, 6.45) is 2.78. The van der Waals surface area contributed by atoms with Crippen LogP contribution in [0.2, 0.25) is 0 Å². The van der Waals surface area contributed by atoms with E-state index >= 15 is 0 Å². The molecule has 0 fully saturated rings. The molecule has 28 heavy (non-hydrogen) atoms. The Kier molecular flexibility index (Phi) is 5.58. The summed E-state index contributed by atoms with van der Waals surface area (Å²) in [6, 6.07) is 22.1. The molecule has 0 aromatic heterocycles. The van der Waals surface area contributed by atoms with Gasteiger partial charge in [-0.15, -0.1) is 0 Å². The minimum atomic E-state index is -0.551. The zero-order valence-electron chi connectivity index (χ0n) is 14.6. The molecule has 0 amide bonds. The van der Waals surface area contributed by atoms with Crippen molar-refractivity contribution in [3.05, 3.63) is 100 Å². The smallest absolute Gasteiger partial charge is 0.336 e. The Morgan fingerprint density at radius 3 is 2.04 bits per heavy atom. The van der Waals surface area contributed by atoms with Gasteiger partial charge in [-0.1, -0.05) is 24.3 Å². The van der Waals surface area contributed by atoms with Crippen LogP contribution in [0.4, 0.5) is 5.69 Å². The van der Waals surface area contributed by atoms with E-state index in [4.69, 9.17) is 10.00 Å². The third-order valence-electron chi connectivity index (χ3n) is 3.94. The third kappa shape index (κ3) is 4.68. The number of carbonyl (C=O) groups is 1. The lowest BCUT2D eigenvalue weighted by Gasteiger charge is -2.04. The van der Waals surface area contributed by atoms with Crippen molar-refractivity contribution in [2.45, 2.75) is 0 Å². The molecule has 0 radical (unpaired) electrons. The van der Waals surface area contributed by atoms with Gasteiger partial charge >= 0.3 is 5.97 Å². The minimum absolute atomic E-state index is 0.0120. The highest BCUT2D eigenvalue weighted by molar-refractivity contribution is 5.88. The quantitative estimate of drug-likeness (QED) is 0.212. The predicted molar refractivity (Wildman–Crippen MR) is 104 cm³/mol. The number of nitrogens with zero attached hydrogens (tertiary/aromatic N) is 2. The second-order valence-corrected chi connectivity index (χ2v) is 5.82. The second-order valence-electron chi connectivity index (χ2n) is 5.82. The van der Waals surface area contributed by atoms with E-state index < -0.39 is 10.9 Å². The van der Waals surface area contributed by atoms with E-state index in [1.165, 1.54) is 24.3 Å². The number of nitriles is 1. The number of nitro benzene ring substituents is 1. The molecule has 0 aliphatic rings. The fraction of sp³-hybridized carbons (Fsp3) is 0. The third-order valence-corrected chi connectivity index (χ3v) is 3.94. The SMILES string of the molecule is N#Cc1ccc(-c2ccc(OC(=O)C=Cc3ccc([N+](=O)[O-])cc3)cc2)cc1. The lowest BCUT2D eigenvalue weighted by molar-refractivity contribution is -0.384. The van der Waals surface area contributed by atoms with E-state index in [9.17, 15) is 14.9 Å². The molecule has 6 nitrogen and oxygen atoms in total. The maximum absolute atomic E-state index is 11.9. The standard InChI is InChI=1S/C22H14N2O4/c23-15-17-1-6-18(7-2-17)19-8-12-21(13-9-19)28-22(25)14-5-16-3-10-20(11-4-16)24(26)27/h1-14H. The summed E-state index contributed by atoms with van der Waals surface area (Å²) in [5.74, 6) is -0.153. The first-order valence-corrected chi connectivity index (χ1v) is 8.30. The van der Waals surface area contributed by atoms with Gasteiger partial charge in [-0.05, 0) is 59.2 Å². The van der Waals surface area contributed by atoms with Crippen LogP contribution in [0.5, 0.6) is 5.75 Å². The van der Waals surface area contributed by atoms with Gasteiger partial charge in [-0.3, -0.25) is 10.1 Å². The Hall–Kier alpha value is -4.24. The Bertz CT molecular complexity index is 1060. The van der Waals surface area contributed by atoms with E-state index in [2.05, 4.69) is 6.07 Å². The molecule has 3 aromatic rings. The minimum Gasteiger partial charge on any atom is -0.423 e. The van der Waals surface area contributed by atoms with Crippen molar-refractivity contribution in [2.75, 3.05) is 0 Å². The summed E-state index contributed by atoms with van der Waals surface area (Å²) in [7, 11) is 0. The maximum atomic E-state index is 11.9. The number of non-ortho nitro benzene ring substituents is 1. The topological polar surface area (TPSA) is 93.2 Å². The molecule has 0 N–H and O–H groups in total. The number of hydrogen-bond donors (Lipinski definition) is 0. The molecule has 0 bridgehead atoms. The van der Waals surface area contributed by atoms with E-state index in [1.807, 2.05) is 24.3 Å². The number of hydrogen-bond acceptors (Lipinski definition) is 5. The lowest BCUT2D eigenvalue weighted by Crippen LogP contribution is -2.03. The number of rotatable bonds is 5. The van der Waals surface area contributed by atoms with Crippen molar-refractivity contribution in [3.63, 3.8) is 0 Å². The van der Waals surface area contributed by atoms with Crippen molar-refractivity contribution in [1.82, 2.24) is 0 Å². The maximum Gasteiger partial charge on any atom is 0.336 e. The first kappa shape index (κ1) is 18.5. The molecule has 3 aromatic carbocycles. The molecule has 3 rings (SSSR count). The Balaban J connectivity index is 1.62. The summed E-state index contributed by atoms with van der Waals surface area (Å²) in [6.45, 7) is 0. The van der Waals surface area contributed by atoms with Crippen molar-refractivity contribution < 1.29 is 14.5 Å². The fourth-order valence-corrected chi connectivity index (χ4v) is 2.47. The van der Waals surface area contributed by atoms with Crippen LogP contribution in [0.25, 0.3) is 17.2 Å². The van der Waals surface area contributed by atoms with Gasteiger partial charge in [-0.25, -0.2) is 4.79 Å². The molecule has 6 heteroatoms. The van der Waals surface area contributed by atoms with Crippen molar-refractivity contribution in [3.8, 4) is 22.9 Å². The van der Waals surface area contributed by atoms with Gasteiger partial charge in [0.25, 0.3) is 5.69 Å². The fourth-order valence-electron chi connectivity index (χ4n) is 2.47. The average Bonchev–Trinajstić information content (AvgIpc) is 2.73. The number of nitro groups is 1. The summed E-state index contributed by atoms with van der Waals surface area (Å²) in [5, 5.41) is 19.5. The zero-order valence-corrected chi connectivity index (χ0v) is 14.6. The van der Waals surface area contributed by atoms with Crippen LogP contribution < -0.4 is 4.74 Å². The van der Waals surface area contributed by atoms with Gasteiger partial charge in [0, 0.05) is 18.2 Å². The summed E-state index contributed by atoms with van der Waals surface area (Å²) in [4.78, 5) is 22.1. The summed E-state index contributed by atoms with van der Waals surface area (Å²) in [5.41, 5.74) is 3.12. The molecule has 0 spiro atoms. The summed E-state index contributed by atoms with van der Waals surface area (Å²) >= 11 is 0. The van der Waals surface area contributed by atoms with Crippen LogP contribution in [-0.2, 0) is 4.79 Å². The van der Waals surface area contributed by atoms with Crippen LogP contribution >= 0.6 is 0 Å². The molecule has 0 saturated heterocycles. The van der Waals surface area contributed by atoms with Gasteiger partial charge in [-0.2, -0.15) is 5.26 Å². The van der Waals surface area contributed by atoms with E-state index in [-0.39, 0.29) is 5.69 Å². The molecule has 0 saturated carbocycles. The number of esters is 1. The van der Waals surface area contributed by atoms with E-state index in [0.29, 0.717) is 16.9 Å². The van der Waals surface area contributed by atoms with Gasteiger partial charge in [0.05, 0.1) is 16.6 Å². The van der Waals surface area contributed by atoms with Crippen LogP contribution in [0.3, 0.4) is 0 Å². The molecule has 0 aliphatic carbocycles. The highest BCUT2D eigenvalue weighted by Crippen LogP contribution is 2.23. The Morgan fingerprint density at radius 1 is 0.929 bits per heavy atom. The van der Waals surface area contributed by atoms with Gasteiger partial charge in [0.2, 0.25) is 0 Å². The molecule has 0 aliphatic heterocycles. The molecule has 0 unspecified atom stereocenters. The zero-order chi connectivity index (χ0) is 19.9. The summed E-state index contributed by atoms with van der Waals surface area (Å²) < 4.78 is 5.25. The first-order chi connectivity index (χ1) is 13.5. The number of benzene rings is 3. The van der Waals surface area contributed by atoms with E-state index in [1.54, 1.807) is 36.4 Å². The van der Waals surface area contributed by atoms with Crippen LogP contribution in [0.15, 0.2) is 78.9 Å². The molecular formula is C22H14N2O4. The van der Waals surface area contributed by atoms with E-state index in [0.717, 1.165) is 11.1 Å². The van der Waals surface area contributed by atoms with Gasteiger partial charge in [0.1, 0.15) is 5.75 Å². The largest absolute Gasteiger partial charge is 0.423 e. The normalized spacial score (nSPS) is 10.4. The Morgan fingerprint density at radius 2 is 1.50 bits per heavy atom. The molecule has 0 atom stereocenters. The van der Waals surface area contributed by atoms with Crippen LogP contribution in [0, 0.1) is 21.4 Å². The average molecular weight is 370 g/mol. The molecule has 136 valence electrons. The van der Waals surface area contributed by atoms with Crippen molar-refractivity contribution in [1.29, 1.82) is 5.26 Å². The lowest BCUT2D eigenvalue weighted by atomic mass is 10.0. The second kappa shape index (κ2) is 8.43. The molecular weight excluding hydrogens is 356 g/mol. The van der Waals surface area contributed by atoms with Crippen molar-refractivity contribution >= 4 is 17.7 Å². The highest BCUT2D eigenvalue weighted by Gasteiger charge is 2.04. The van der Waals surface area contributed by atoms with Crippen molar-refractivity contribution in [2.24, 2.45) is 0 Å². The number of ether oxygens (including phenoxy) is 1. The predicted octanol–water partition coefficient (Wildman–Crippen LogP) is 4.75. The van der Waals surface area contributed by atoms with Gasteiger partial charge in [0.15, 0.2) is 0 Å². The van der Waals surface area contributed by atoms with Crippen LogP contribution in [-0.4, -0.2) is 10.9 Å². The number of carbonyl (C=O) groups excluding carboxylic acids is 1. The first-order valence-electron chi connectivity index (χ1n) is 8.30. The molecule has 0 heterocycles. The Labute approximate surface area is 161 Å².